The van der Waals surface area contributed by atoms with Gasteiger partial charge in [-0.25, -0.2) is 0 Å². The van der Waals surface area contributed by atoms with Crippen molar-refractivity contribution in [2.45, 2.75) is 26.2 Å². The molecule has 6 heteroatoms. The van der Waals surface area contributed by atoms with Crippen LogP contribution in [0, 0.1) is 5.41 Å². The Morgan fingerprint density at radius 1 is 1.48 bits per heavy atom. The number of primary amides is 1. The molecule has 1 aromatic rings. The van der Waals surface area contributed by atoms with Crippen LogP contribution >= 0.6 is 11.6 Å². The van der Waals surface area contributed by atoms with Crippen LogP contribution in [0.15, 0.2) is 18.2 Å². The van der Waals surface area contributed by atoms with Crippen molar-refractivity contribution in [2.24, 2.45) is 11.1 Å². The molecule has 0 aliphatic carbocycles. The molecule has 1 aliphatic heterocycles. The van der Waals surface area contributed by atoms with E-state index < -0.39 is 11.3 Å². The summed E-state index contributed by atoms with van der Waals surface area (Å²) in [6.07, 6.45) is 2.61. The molecule has 4 N–H and O–H groups in total. The summed E-state index contributed by atoms with van der Waals surface area (Å²) < 4.78 is 0. The molecule has 0 aromatic heterocycles. The number of anilines is 1. The second-order valence-electron chi connectivity index (χ2n) is 5.43. The molecule has 1 atom stereocenters. The van der Waals surface area contributed by atoms with Crippen LogP contribution in [0.3, 0.4) is 0 Å². The van der Waals surface area contributed by atoms with Gasteiger partial charge < -0.3 is 16.4 Å². The monoisotopic (exact) mass is 309 g/mol. The second kappa shape index (κ2) is 6.45. The van der Waals surface area contributed by atoms with Gasteiger partial charge in [0.25, 0.3) is 0 Å². The maximum atomic E-state index is 12.6. The molecule has 0 radical (unpaired) electrons. The number of rotatable bonds is 4. The van der Waals surface area contributed by atoms with E-state index in [0.29, 0.717) is 12.2 Å². The minimum absolute atomic E-state index is 0.0325. The first-order valence-corrected chi connectivity index (χ1v) is 7.48. The number of hydrogen-bond acceptors (Lipinski definition) is 3. The number of amides is 2. The van der Waals surface area contributed by atoms with Crippen molar-refractivity contribution >= 4 is 29.1 Å². The van der Waals surface area contributed by atoms with Crippen LogP contribution in [-0.2, 0) is 4.79 Å². The third kappa shape index (κ3) is 3.36. The van der Waals surface area contributed by atoms with Crippen LogP contribution in [0.1, 0.15) is 36.5 Å². The molecule has 21 heavy (non-hydrogen) atoms. The summed E-state index contributed by atoms with van der Waals surface area (Å²) in [7, 11) is 0. The van der Waals surface area contributed by atoms with Gasteiger partial charge >= 0.3 is 0 Å². The van der Waals surface area contributed by atoms with Crippen molar-refractivity contribution in [3.63, 3.8) is 0 Å². The number of carbonyl (C=O) groups is 2. The summed E-state index contributed by atoms with van der Waals surface area (Å²) in [5.74, 6) is -0.643. The molecule has 2 rings (SSSR count). The van der Waals surface area contributed by atoms with E-state index >= 15 is 0 Å². The van der Waals surface area contributed by atoms with Crippen LogP contribution < -0.4 is 16.4 Å². The summed E-state index contributed by atoms with van der Waals surface area (Å²) in [5, 5.41) is 6.44. The molecular formula is C15H20ClN3O2. The zero-order valence-corrected chi connectivity index (χ0v) is 12.8. The van der Waals surface area contributed by atoms with Crippen molar-refractivity contribution < 1.29 is 9.59 Å². The maximum absolute atomic E-state index is 12.6. The average molecular weight is 310 g/mol. The van der Waals surface area contributed by atoms with Crippen LogP contribution in [0.2, 0.25) is 5.02 Å². The molecule has 114 valence electrons. The summed E-state index contributed by atoms with van der Waals surface area (Å²) >= 11 is 5.91. The molecular weight excluding hydrogens is 290 g/mol. The number of hydrogen-bond donors (Lipinski definition) is 3. The van der Waals surface area contributed by atoms with Crippen molar-refractivity contribution in [1.29, 1.82) is 0 Å². The predicted octanol–water partition coefficient (Wildman–Crippen LogP) is 2.16. The lowest BCUT2D eigenvalue weighted by Gasteiger charge is -2.35. The highest BCUT2D eigenvalue weighted by atomic mass is 35.5. The molecule has 2 amide bonds. The number of piperidine rings is 1. The highest BCUT2D eigenvalue weighted by molar-refractivity contribution is 6.34. The smallest absolute Gasteiger partial charge is 0.250 e. The lowest BCUT2D eigenvalue weighted by molar-refractivity contribution is -0.126. The third-order valence-electron chi connectivity index (χ3n) is 4.12. The van der Waals surface area contributed by atoms with Gasteiger partial charge in [0.15, 0.2) is 0 Å². The fraction of sp³-hybridized carbons (Fsp3) is 0.467. The van der Waals surface area contributed by atoms with E-state index in [9.17, 15) is 9.59 Å². The molecule has 1 fully saturated rings. The van der Waals surface area contributed by atoms with Gasteiger partial charge in [-0.15, -0.1) is 0 Å². The molecule has 1 aliphatic rings. The Hall–Kier alpha value is -1.59. The van der Waals surface area contributed by atoms with Crippen molar-refractivity contribution in [3.05, 3.63) is 28.8 Å². The first-order valence-electron chi connectivity index (χ1n) is 7.10. The van der Waals surface area contributed by atoms with E-state index in [0.717, 1.165) is 25.8 Å². The zero-order valence-electron chi connectivity index (χ0n) is 12.0. The van der Waals surface area contributed by atoms with Crippen molar-refractivity contribution in [1.82, 2.24) is 5.32 Å². The molecule has 0 bridgehead atoms. The van der Waals surface area contributed by atoms with Gasteiger partial charge in [-0.2, -0.15) is 0 Å². The Morgan fingerprint density at radius 2 is 2.24 bits per heavy atom. The van der Waals surface area contributed by atoms with E-state index in [1.807, 2.05) is 6.92 Å². The molecule has 1 unspecified atom stereocenters. The highest BCUT2D eigenvalue weighted by Crippen LogP contribution is 2.32. The quantitative estimate of drug-likeness (QED) is 0.797. The summed E-state index contributed by atoms with van der Waals surface area (Å²) in [6.45, 7) is 3.64. The van der Waals surface area contributed by atoms with Crippen LogP contribution in [0.25, 0.3) is 0 Å². The van der Waals surface area contributed by atoms with Crippen LogP contribution in [0.4, 0.5) is 5.69 Å². The van der Waals surface area contributed by atoms with Gasteiger partial charge in [-0.05, 0) is 44.0 Å². The van der Waals surface area contributed by atoms with Crippen molar-refractivity contribution in [2.75, 3.05) is 18.4 Å². The maximum Gasteiger partial charge on any atom is 0.250 e. The third-order valence-corrected chi connectivity index (χ3v) is 4.45. The molecule has 0 saturated carbocycles. The number of nitrogens with one attached hydrogen (secondary N) is 2. The summed E-state index contributed by atoms with van der Waals surface area (Å²) in [6, 6.07) is 4.75. The molecule has 1 heterocycles. The van der Waals surface area contributed by atoms with Gasteiger partial charge in [0, 0.05) is 12.2 Å². The fourth-order valence-electron chi connectivity index (χ4n) is 2.68. The Morgan fingerprint density at radius 3 is 2.81 bits per heavy atom. The Labute approximate surface area is 129 Å². The van der Waals surface area contributed by atoms with Gasteiger partial charge in [0.2, 0.25) is 11.8 Å². The highest BCUT2D eigenvalue weighted by Gasteiger charge is 2.37. The van der Waals surface area contributed by atoms with Gasteiger partial charge in [-0.3, -0.25) is 9.59 Å². The topological polar surface area (TPSA) is 84.2 Å². The Balaban J connectivity index is 2.19. The minimum Gasteiger partial charge on any atom is -0.366 e. The summed E-state index contributed by atoms with van der Waals surface area (Å²) in [4.78, 5) is 23.9. The van der Waals surface area contributed by atoms with E-state index in [2.05, 4.69) is 10.6 Å². The fourth-order valence-corrected chi connectivity index (χ4v) is 2.89. The normalized spacial score (nSPS) is 21.8. The molecule has 1 aromatic carbocycles. The zero-order chi connectivity index (χ0) is 15.5. The largest absolute Gasteiger partial charge is 0.366 e. The summed E-state index contributed by atoms with van der Waals surface area (Å²) in [5.41, 5.74) is 5.61. The molecule has 0 spiro atoms. The predicted molar refractivity (Wildman–Crippen MR) is 83.4 cm³/mol. The van der Waals surface area contributed by atoms with Crippen LogP contribution in [-0.4, -0.2) is 24.9 Å². The van der Waals surface area contributed by atoms with E-state index in [4.69, 9.17) is 17.3 Å². The standard InChI is InChI=1S/C15H20ClN3O2/c1-2-15(6-3-7-18-9-15)14(21)19-10-4-5-12(16)11(8-10)13(17)20/h4-5,8,18H,2-3,6-7,9H2,1H3,(H2,17,20)(H,19,21). The van der Waals surface area contributed by atoms with Crippen molar-refractivity contribution in [3.8, 4) is 0 Å². The lowest BCUT2D eigenvalue weighted by Crippen LogP contribution is -2.47. The number of benzene rings is 1. The average Bonchev–Trinajstić information content (AvgIpc) is 2.49. The Kier molecular flexibility index (Phi) is 4.85. The van der Waals surface area contributed by atoms with Gasteiger partial charge in [0.05, 0.1) is 16.0 Å². The second-order valence-corrected chi connectivity index (χ2v) is 5.83. The van der Waals surface area contributed by atoms with Crippen LogP contribution in [0.5, 0.6) is 0 Å². The van der Waals surface area contributed by atoms with E-state index in [1.165, 1.54) is 6.07 Å². The van der Waals surface area contributed by atoms with Gasteiger partial charge in [0.1, 0.15) is 0 Å². The number of carbonyl (C=O) groups excluding carboxylic acids is 2. The van der Waals surface area contributed by atoms with Gasteiger partial charge in [-0.1, -0.05) is 18.5 Å². The lowest BCUT2D eigenvalue weighted by atomic mass is 9.77. The molecule has 5 nitrogen and oxygen atoms in total. The number of nitrogens with two attached hydrogens (primary N) is 1. The minimum atomic E-state index is -0.611. The first kappa shape index (κ1) is 15.8. The van der Waals surface area contributed by atoms with E-state index in [-0.39, 0.29) is 16.5 Å². The number of halogens is 1. The first-order chi connectivity index (χ1) is 9.98. The van der Waals surface area contributed by atoms with E-state index in [1.54, 1.807) is 12.1 Å². The Bertz CT molecular complexity index is 554. The SMILES string of the molecule is CCC1(C(=O)Nc2ccc(Cl)c(C(N)=O)c2)CCCNC1. The molecule has 1 saturated heterocycles.